The molecule has 1 unspecified atom stereocenters. The second-order valence-electron chi connectivity index (χ2n) is 7.62. The number of methoxy groups -OCH3 is 2. The third-order valence-electron chi connectivity index (χ3n) is 5.35. The van der Waals surface area contributed by atoms with Crippen LogP contribution in [0.4, 0.5) is 5.13 Å². The van der Waals surface area contributed by atoms with Gasteiger partial charge >= 0.3 is 0 Å². The molecule has 1 aliphatic heterocycles. The van der Waals surface area contributed by atoms with Crippen LogP contribution >= 0.6 is 11.3 Å². The van der Waals surface area contributed by atoms with Gasteiger partial charge in [0.05, 0.1) is 14.2 Å². The van der Waals surface area contributed by atoms with E-state index in [1.54, 1.807) is 26.4 Å². The molecule has 1 aromatic carbocycles. The summed E-state index contributed by atoms with van der Waals surface area (Å²) in [7, 11) is 3.11. The van der Waals surface area contributed by atoms with Crippen molar-refractivity contribution in [2.45, 2.75) is 26.3 Å². The Morgan fingerprint density at radius 2 is 2.10 bits per heavy atom. The van der Waals surface area contributed by atoms with E-state index in [2.05, 4.69) is 27.2 Å². The van der Waals surface area contributed by atoms with Gasteiger partial charge in [-0.05, 0) is 36.5 Å². The fourth-order valence-electron chi connectivity index (χ4n) is 3.69. The summed E-state index contributed by atoms with van der Waals surface area (Å²) >= 11 is 1.37. The molecule has 1 aliphatic rings. The van der Waals surface area contributed by atoms with Gasteiger partial charge in [0.15, 0.2) is 11.5 Å². The minimum absolute atomic E-state index is 0.0400. The maximum Gasteiger partial charge on any atom is 0.288 e. The highest BCUT2D eigenvalue weighted by Crippen LogP contribution is 2.28. The van der Waals surface area contributed by atoms with E-state index in [1.165, 1.54) is 28.5 Å². The monoisotopic (exact) mass is 443 g/mol. The third kappa shape index (κ3) is 4.34. The molecule has 0 bridgehead atoms. The van der Waals surface area contributed by atoms with Gasteiger partial charge in [-0.2, -0.15) is 4.52 Å². The first-order valence-electron chi connectivity index (χ1n) is 10.1. The molecular formula is C21H25N5O4S. The van der Waals surface area contributed by atoms with Crippen molar-refractivity contribution in [2.75, 3.05) is 32.2 Å². The highest BCUT2D eigenvalue weighted by atomic mass is 32.1. The van der Waals surface area contributed by atoms with Gasteiger partial charge in [-0.3, -0.25) is 9.59 Å². The van der Waals surface area contributed by atoms with Crippen molar-refractivity contribution in [3.8, 4) is 11.5 Å². The van der Waals surface area contributed by atoms with Crippen LogP contribution in [0.3, 0.4) is 0 Å². The second-order valence-corrected chi connectivity index (χ2v) is 8.56. The van der Waals surface area contributed by atoms with Crippen LogP contribution in [0.15, 0.2) is 29.2 Å². The lowest BCUT2D eigenvalue weighted by Crippen LogP contribution is -2.34. The van der Waals surface area contributed by atoms with Crippen molar-refractivity contribution in [3.05, 3.63) is 45.9 Å². The molecule has 31 heavy (non-hydrogen) atoms. The molecule has 2 aromatic heterocycles. The summed E-state index contributed by atoms with van der Waals surface area (Å²) < 4.78 is 11.7. The molecule has 0 radical (unpaired) electrons. The van der Waals surface area contributed by atoms with Crippen molar-refractivity contribution in [1.82, 2.24) is 19.9 Å². The molecule has 3 aromatic rings. The van der Waals surface area contributed by atoms with Crippen LogP contribution in [0, 0.1) is 5.92 Å². The number of ether oxygens (including phenoxy) is 2. The Labute approximate surface area is 183 Å². The normalized spacial score (nSPS) is 16.4. The molecule has 1 saturated heterocycles. The fourth-order valence-corrected chi connectivity index (χ4v) is 4.59. The number of carbonyl (C=O) groups excluding carboxylic acids is 1. The largest absolute Gasteiger partial charge is 0.493 e. The Bertz CT molecular complexity index is 1160. The van der Waals surface area contributed by atoms with Gasteiger partial charge in [-0.15, -0.1) is 5.10 Å². The Kier molecular flexibility index (Phi) is 6.08. The second kappa shape index (κ2) is 8.93. The number of hydrogen-bond acceptors (Lipinski definition) is 8. The average molecular weight is 444 g/mol. The molecule has 1 atom stereocenters. The number of amides is 1. The van der Waals surface area contributed by atoms with E-state index < -0.39 is 11.5 Å². The summed E-state index contributed by atoms with van der Waals surface area (Å²) in [5, 5.41) is 7.97. The van der Waals surface area contributed by atoms with E-state index >= 15 is 0 Å². The topological polar surface area (TPSA) is 98.1 Å². The van der Waals surface area contributed by atoms with E-state index in [0.717, 1.165) is 30.2 Å². The van der Waals surface area contributed by atoms with Gasteiger partial charge in [-0.25, -0.2) is 4.98 Å². The van der Waals surface area contributed by atoms with Crippen LogP contribution in [0.25, 0.3) is 4.96 Å². The van der Waals surface area contributed by atoms with Crippen molar-refractivity contribution in [2.24, 2.45) is 5.92 Å². The van der Waals surface area contributed by atoms with E-state index in [1.807, 2.05) is 6.07 Å². The Morgan fingerprint density at radius 1 is 1.29 bits per heavy atom. The first kappa shape index (κ1) is 21.1. The lowest BCUT2D eigenvalue weighted by molar-refractivity contribution is 0.0948. The van der Waals surface area contributed by atoms with E-state index in [9.17, 15) is 9.59 Å². The fraction of sp³-hybridized carbons (Fsp3) is 0.429. The zero-order valence-corrected chi connectivity index (χ0v) is 18.6. The van der Waals surface area contributed by atoms with Gasteiger partial charge < -0.3 is 19.7 Å². The summed E-state index contributed by atoms with van der Waals surface area (Å²) in [6.07, 6.45) is 3.62. The maximum absolute atomic E-state index is 12.9. The molecule has 0 spiro atoms. The molecular weight excluding hydrogens is 418 g/mol. The standard InChI is InChI=1S/C21H25N5O4S/c1-13-5-4-8-25(12-13)21-24-26-19(28)15(11-23-20(26)31-21)18(27)22-10-14-6-7-16(29-2)17(9-14)30-3/h6-7,9,11,13H,4-5,8,10,12H2,1-3H3,(H,22,27). The number of fused-ring (bicyclic) bond motifs is 1. The van der Waals surface area contributed by atoms with Crippen LogP contribution in [-0.4, -0.2) is 47.8 Å². The van der Waals surface area contributed by atoms with Gasteiger partial charge in [0.1, 0.15) is 5.56 Å². The van der Waals surface area contributed by atoms with Crippen molar-refractivity contribution in [1.29, 1.82) is 0 Å². The summed E-state index contributed by atoms with van der Waals surface area (Å²) in [6, 6.07) is 5.36. The van der Waals surface area contributed by atoms with Crippen molar-refractivity contribution >= 4 is 27.3 Å². The van der Waals surface area contributed by atoms with Crippen LogP contribution in [-0.2, 0) is 6.54 Å². The van der Waals surface area contributed by atoms with E-state index in [0.29, 0.717) is 22.4 Å². The number of hydrogen-bond donors (Lipinski definition) is 1. The lowest BCUT2D eigenvalue weighted by Gasteiger charge is -2.30. The SMILES string of the molecule is COc1ccc(CNC(=O)c2cnc3sc(N4CCCC(C)C4)nn3c2=O)cc1OC. The smallest absolute Gasteiger partial charge is 0.288 e. The number of rotatable bonds is 6. The number of aromatic nitrogens is 3. The highest BCUT2D eigenvalue weighted by Gasteiger charge is 2.22. The predicted molar refractivity (Wildman–Crippen MR) is 118 cm³/mol. The first-order chi connectivity index (χ1) is 15.0. The maximum atomic E-state index is 12.9. The van der Waals surface area contributed by atoms with Crippen LogP contribution in [0.5, 0.6) is 11.5 Å². The van der Waals surface area contributed by atoms with Gasteiger partial charge in [0.2, 0.25) is 10.1 Å². The number of benzene rings is 1. The molecule has 1 fully saturated rings. The van der Waals surface area contributed by atoms with Crippen LogP contribution < -0.4 is 25.2 Å². The molecule has 9 nitrogen and oxygen atoms in total. The zero-order chi connectivity index (χ0) is 22.0. The zero-order valence-electron chi connectivity index (χ0n) is 17.8. The third-order valence-corrected chi connectivity index (χ3v) is 6.33. The van der Waals surface area contributed by atoms with Crippen molar-refractivity contribution < 1.29 is 14.3 Å². The molecule has 4 rings (SSSR count). The van der Waals surface area contributed by atoms with E-state index in [4.69, 9.17) is 9.47 Å². The van der Waals surface area contributed by atoms with E-state index in [-0.39, 0.29) is 12.1 Å². The Hall–Kier alpha value is -3.14. The van der Waals surface area contributed by atoms with Crippen LogP contribution in [0.1, 0.15) is 35.7 Å². The lowest BCUT2D eigenvalue weighted by atomic mass is 10.0. The average Bonchev–Trinajstić information content (AvgIpc) is 3.23. The minimum atomic E-state index is -0.497. The summed E-state index contributed by atoms with van der Waals surface area (Å²) in [5.74, 6) is 1.26. The van der Waals surface area contributed by atoms with Gasteiger partial charge in [0.25, 0.3) is 11.5 Å². The molecule has 1 N–H and O–H groups in total. The van der Waals surface area contributed by atoms with Crippen molar-refractivity contribution in [3.63, 3.8) is 0 Å². The number of anilines is 1. The van der Waals surface area contributed by atoms with Crippen LogP contribution in [0.2, 0.25) is 0 Å². The number of piperidine rings is 1. The molecule has 3 heterocycles. The molecule has 0 aliphatic carbocycles. The quantitative estimate of drug-likeness (QED) is 0.624. The Balaban J connectivity index is 1.52. The Morgan fingerprint density at radius 3 is 2.84 bits per heavy atom. The summed E-state index contributed by atoms with van der Waals surface area (Å²) in [5.41, 5.74) is 0.305. The number of nitrogens with zero attached hydrogens (tertiary/aromatic N) is 4. The molecule has 1 amide bonds. The molecule has 164 valence electrons. The first-order valence-corrected chi connectivity index (χ1v) is 10.9. The minimum Gasteiger partial charge on any atom is -0.493 e. The summed E-state index contributed by atoms with van der Waals surface area (Å²) in [4.78, 5) is 32.5. The summed E-state index contributed by atoms with van der Waals surface area (Å²) in [6.45, 7) is 4.27. The van der Waals surface area contributed by atoms with Gasteiger partial charge in [0, 0.05) is 25.8 Å². The number of carbonyl (C=O) groups is 1. The molecule has 0 saturated carbocycles. The van der Waals surface area contributed by atoms with Gasteiger partial charge in [-0.1, -0.05) is 24.3 Å². The number of nitrogens with one attached hydrogen (secondary N) is 1. The molecule has 10 heteroatoms. The highest BCUT2D eigenvalue weighted by molar-refractivity contribution is 7.20. The predicted octanol–water partition coefficient (Wildman–Crippen LogP) is 2.33.